The zero-order valence-corrected chi connectivity index (χ0v) is 27.4. The fourth-order valence-electron chi connectivity index (χ4n) is 4.71. The third-order valence-corrected chi connectivity index (χ3v) is 7.37. The minimum atomic E-state index is -1.18. The lowest BCUT2D eigenvalue weighted by Crippen LogP contribution is -2.58. The van der Waals surface area contributed by atoms with Gasteiger partial charge in [-0.3, -0.25) is 19.2 Å². The first kappa shape index (κ1) is 42.1. The van der Waals surface area contributed by atoms with Crippen molar-refractivity contribution in [1.29, 1.82) is 0 Å². The lowest BCUT2D eigenvalue weighted by Gasteiger charge is -2.27. The van der Waals surface area contributed by atoms with Gasteiger partial charge in [-0.15, -0.1) is 0 Å². The Labute approximate surface area is 268 Å². The topological polar surface area (TPSA) is 284 Å². The minimum Gasteiger partial charge on any atom is -0.480 e. The molecule has 0 aliphatic rings. The average Bonchev–Trinajstić information content (AvgIpc) is 2.98. The van der Waals surface area contributed by atoms with E-state index in [1.54, 1.807) is 0 Å². The Hall–Kier alpha value is -2.85. The van der Waals surface area contributed by atoms with Crippen molar-refractivity contribution in [3.63, 3.8) is 0 Å². The van der Waals surface area contributed by atoms with E-state index in [4.69, 9.17) is 28.7 Å². The number of amides is 4. The van der Waals surface area contributed by atoms with E-state index in [9.17, 15) is 29.1 Å². The number of hydrogen-bond acceptors (Lipinski definition) is 10. The first-order valence-corrected chi connectivity index (χ1v) is 16.4. The zero-order chi connectivity index (χ0) is 34.2. The Morgan fingerprint density at radius 2 is 0.844 bits per heavy atom. The molecule has 0 rings (SSSR count). The molecule has 4 amide bonds. The van der Waals surface area contributed by atoms with Gasteiger partial charge in [0.1, 0.15) is 24.2 Å². The van der Waals surface area contributed by atoms with Gasteiger partial charge in [-0.05, 0) is 109 Å². The molecule has 262 valence electrons. The molecule has 15 heteroatoms. The van der Waals surface area contributed by atoms with Crippen molar-refractivity contribution in [2.45, 2.75) is 128 Å². The molecule has 0 aliphatic heterocycles. The van der Waals surface area contributed by atoms with E-state index in [0.29, 0.717) is 84.0 Å². The molecule has 0 fully saturated rings. The number of rotatable bonds is 27. The maximum absolute atomic E-state index is 13.6. The van der Waals surface area contributed by atoms with E-state index in [1.807, 2.05) is 13.8 Å². The summed E-state index contributed by atoms with van der Waals surface area (Å²) >= 11 is 0. The van der Waals surface area contributed by atoms with Crippen molar-refractivity contribution in [1.82, 2.24) is 21.3 Å². The monoisotopic (exact) mass is 643 g/mol. The Morgan fingerprint density at radius 1 is 0.511 bits per heavy atom. The minimum absolute atomic E-state index is 0.00856. The van der Waals surface area contributed by atoms with Crippen molar-refractivity contribution < 1.29 is 29.1 Å². The summed E-state index contributed by atoms with van der Waals surface area (Å²) in [6, 6.07) is -4.95. The smallest absolute Gasteiger partial charge is 0.326 e. The van der Waals surface area contributed by atoms with E-state index >= 15 is 0 Å². The molecule has 45 heavy (non-hydrogen) atoms. The fourth-order valence-corrected chi connectivity index (χ4v) is 4.71. The lowest BCUT2D eigenvalue weighted by molar-refractivity contribution is -0.142. The Bertz CT molecular complexity index is 877. The van der Waals surface area contributed by atoms with Gasteiger partial charge in [-0.2, -0.15) is 0 Å². The Balaban J connectivity index is 5.82. The quantitative estimate of drug-likeness (QED) is 0.0479. The van der Waals surface area contributed by atoms with Gasteiger partial charge in [0.2, 0.25) is 23.6 Å². The van der Waals surface area contributed by atoms with Crippen LogP contribution in [0.3, 0.4) is 0 Å². The summed E-state index contributed by atoms with van der Waals surface area (Å²) in [5.74, 6) is -3.44. The van der Waals surface area contributed by atoms with Crippen LogP contribution in [-0.2, 0) is 24.0 Å². The molecule has 15 N–H and O–H groups in total. The molecule has 0 heterocycles. The van der Waals surface area contributed by atoms with Crippen molar-refractivity contribution >= 4 is 29.6 Å². The van der Waals surface area contributed by atoms with Gasteiger partial charge in [0.05, 0.1) is 6.04 Å². The lowest BCUT2D eigenvalue weighted by atomic mass is 10.00. The molecular weight excluding hydrogens is 582 g/mol. The summed E-state index contributed by atoms with van der Waals surface area (Å²) in [4.78, 5) is 64.8. The maximum Gasteiger partial charge on any atom is 0.326 e. The van der Waals surface area contributed by atoms with E-state index in [2.05, 4.69) is 21.3 Å². The molecule has 0 spiro atoms. The predicted molar refractivity (Wildman–Crippen MR) is 174 cm³/mol. The molecule has 0 aromatic carbocycles. The predicted octanol–water partition coefficient (Wildman–Crippen LogP) is -1.10. The highest BCUT2D eigenvalue weighted by molar-refractivity contribution is 5.95. The van der Waals surface area contributed by atoms with Gasteiger partial charge in [0, 0.05) is 0 Å². The standard InChI is InChI=1S/C30H61N9O6/c1-20(2)19-25(39-28(42)22(12-4-8-16-32)36-26(40)21(35)11-3-7-15-31)29(43)37-23(13-5-9-17-33)27(41)38-24(30(44)45)14-6-10-18-34/h20-25H,3-19,31-35H2,1-2H3,(H,36,40)(H,37,43)(H,38,41)(H,39,42)(H,44,45)/t21-,22-,23-,24-,25-/m0/s1. The number of unbranched alkanes of at least 4 members (excludes halogenated alkanes) is 4. The summed E-state index contributed by atoms with van der Waals surface area (Å²) < 4.78 is 0. The van der Waals surface area contributed by atoms with Crippen molar-refractivity contribution in [2.75, 3.05) is 26.2 Å². The van der Waals surface area contributed by atoms with E-state index in [-0.39, 0.29) is 25.2 Å². The fraction of sp³-hybridized carbons (Fsp3) is 0.833. The first-order chi connectivity index (χ1) is 21.4. The van der Waals surface area contributed by atoms with Crippen LogP contribution >= 0.6 is 0 Å². The van der Waals surface area contributed by atoms with Crippen molar-refractivity contribution in [3.8, 4) is 0 Å². The Morgan fingerprint density at radius 3 is 1.24 bits per heavy atom. The molecule has 0 saturated carbocycles. The maximum atomic E-state index is 13.6. The molecule has 0 aromatic rings. The van der Waals surface area contributed by atoms with Gasteiger partial charge >= 0.3 is 5.97 Å². The highest BCUT2D eigenvalue weighted by Gasteiger charge is 2.32. The van der Waals surface area contributed by atoms with Crippen LogP contribution in [0.2, 0.25) is 0 Å². The van der Waals surface area contributed by atoms with Crippen LogP contribution in [0.25, 0.3) is 0 Å². The largest absolute Gasteiger partial charge is 0.480 e. The van der Waals surface area contributed by atoms with Gasteiger partial charge in [0.25, 0.3) is 0 Å². The van der Waals surface area contributed by atoms with Crippen LogP contribution < -0.4 is 49.9 Å². The molecule has 0 radical (unpaired) electrons. The summed E-state index contributed by atoms with van der Waals surface area (Å²) in [6.07, 6.45) is 6.25. The SMILES string of the molecule is CC(C)C[C@H](NC(=O)[C@H](CCCCN)NC(=O)[C@@H](N)CCCCN)C(=O)N[C@@H](CCCCN)C(=O)N[C@@H](CCCCN)C(=O)O. The van der Waals surface area contributed by atoms with Crippen molar-refractivity contribution in [3.05, 3.63) is 0 Å². The van der Waals surface area contributed by atoms with Crippen molar-refractivity contribution in [2.24, 2.45) is 34.6 Å². The molecule has 0 saturated heterocycles. The van der Waals surface area contributed by atoms with E-state index < -0.39 is 59.8 Å². The number of nitrogens with two attached hydrogens (primary N) is 5. The van der Waals surface area contributed by atoms with Crippen LogP contribution in [0.1, 0.15) is 97.3 Å². The number of carbonyl (C=O) groups excluding carboxylic acids is 4. The summed E-state index contributed by atoms with van der Waals surface area (Å²) in [7, 11) is 0. The Kier molecular flexibility index (Phi) is 23.7. The van der Waals surface area contributed by atoms with Crippen LogP contribution in [-0.4, -0.2) is 91.1 Å². The molecule has 15 nitrogen and oxygen atoms in total. The molecule has 0 unspecified atom stereocenters. The van der Waals surface area contributed by atoms with Gasteiger partial charge in [0.15, 0.2) is 0 Å². The average molecular weight is 644 g/mol. The molecule has 0 bridgehead atoms. The first-order valence-electron chi connectivity index (χ1n) is 16.4. The number of carboxylic acids is 1. The van der Waals surface area contributed by atoms with Crippen LogP contribution in [0.4, 0.5) is 0 Å². The van der Waals surface area contributed by atoms with E-state index in [0.717, 1.165) is 6.42 Å². The number of carboxylic acid groups (broad SMARTS) is 1. The summed E-state index contributed by atoms with van der Waals surface area (Å²) in [5.41, 5.74) is 28.3. The van der Waals surface area contributed by atoms with Gasteiger partial charge in [-0.1, -0.05) is 20.3 Å². The van der Waals surface area contributed by atoms with Gasteiger partial charge < -0.3 is 55.0 Å². The van der Waals surface area contributed by atoms with Crippen LogP contribution in [0.15, 0.2) is 0 Å². The van der Waals surface area contributed by atoms with E-state index in [1.165, 1.54) is 0 Å². The highest BCUT2D eigenvalue weighted by Crippen LogP contribution is 2.11. The third kappa shape index (κ3) is 19.3. The van der Waals surface area contributed by atoms with Gasteiger partial charge in [-0.25, -0.2) is 4.79 Å². The number of carbonyl (C=O) groups is 5. The molecule has 0 aliphatic carbocycles. The number of nitrogens with one attached hydrogen (secondary N) is 4. The summed E-state index contributed by atoms with van der Waals surface area (Å²) in [6.45, 7) is 5.47. The van der Waals surface area contributed by atoms with Crippen LogP contribution in [0, 0.1) is 5.92 Å². The molecule has 0 aromatic heterocycles. The number of aliphatic carboxylic acids is 1. The second-order valence-electron chi connectivity index (χ2n) is 12.0. The molecule has 5 atom stereocenters. The second kappa shape index (κ2) is 25.4. The third-order valence-electron chi connectivity index (χ3n) is 7.37. The zero-order valence-electron chi connectivity index (χ0n) is 27.4. The normalized spacial score (nSPS) is 14.6. The second-order valence-corrected chi connectivity index (χ2v) is 12.0. The highest BCUT2D eigenvalue weighted by atomic mass is 16.4. The number of hydrogen-bond donors (Lipinski definition) is 10. The molecular formula is C30H61N9O6. The van der Waals surface area contributed by atoms with Crippen LogP contribution in [0.5, 0.6) is 0 Å². The summed E-state index contributed by atoms with van der Waals surface area (Å²) in [5, 5.41) is 20.4.